The Morgan fingerprint density at radius 2 is 1.85 bits per heavy atom. The highest BCUT2D eigenvalue weighted by atomic mass is 35.5. The van der Waals surface area contributed by atoms with Gasteiger partial charge in [-0.05, 0) is 23.8 Å². The molecule has 0 unspecified atom stereocenters. The van der Waals surface area contributed by atoms with E-state index in [9.17, 15) is 19.5 Å². The predicted molar refractivity (Wildman–Crippen MR) is 122 cm³/mol. The number of nitrogens with one attached hydrogen (secondary N) is 1. The van der Waals surface area contributed by atoms with E-state index in [0.29, 0.717) is 15.9 Å². The maximum Gasteiger partial charge on any atom is 0.354 e. The van der Waals surface area contributed by atoms with Gasteiger partial charge in [-0.25, -0.2) is 19.6 Å². The Morgan fingerprint density at radius 1 is 1.09 bits per heavy atom. The molecule has 2 amide bonds. The number of anilines is 2. The van der Waals surface area contributed by atoms with E-state index in [1.807, 2.05) is 30.3 Å². The summed E-state index contributed by atoms with van der Waals surface area (Å²) in [6.45, 7) is -0.165. The van der Waals surface area contributed by atoms with Crippen molar-refractivity contribution in [1.29, 1.82) is 0 Å². The minimum atomic E-state index is -1.24. The molecule has 33 heavy (non-hydrogen) atoms. The molecule has 0 saturated carbocycles. The first-order valence-electron chi connectivity index (χ1n) is 9.95. The van der Waals surface area contributed by atoms with Gasteiger partial charge < -0.3 is 9.67 Å². The third-order valence-electron chi connectivity index (χ3n) is 5.39. The molecule has 10 heteroatoms. The number of amides is 2. The molecule has 9 nitrogen and oxygen atoms in total. The number of carbonyl (C=O) groups is 3. The van der Waals surface area contributed by atoms with Gasteiger partial charge in [-0.15, -0.1) is 0 Å². The lowest BCUT2D eigenvalue weighted by atomic mass is 10.2. The zero-order chi connectivity index (χ0) is 23.1. The largest absolute Gasteiger partial charge is 0.477 e. The smallest absolute Gasteiger partial charge is 0.354 e. The van der Waals surface area contributed by atoms with Crippen molar-refractivity contribution in [3.05, 3.63) is 82.9 Å². The number of urea groups is 1. The van der Waals surface area contributed by atoms with Crippen LogP contribution in [-0.2, 0) is 6.54 Å². The molecule has 2 aromatic heterocycles. The molecule has 164 valence electrons. The Bertz CT molecular complexity index is 1430. The Hall–Kier alpha value is -4.24. The number of benzene rings is 2. The second-order valence-electron chi connectivity index (χ2n) is 7.43. The lowest BCUT2D eigenvalue weighted by Crippen LogP contribution is -2.37. The lowest BCUT2D eigenvalue weighted by molar-refractivity contribution is 0.0686. The molecular weight excluding hydrogens is 446 g/mol. The number of fused-ring (bicyclic) bond motifs is 2. The third-order valence-corrected chi connectivity index (χ3v) is 5.62. The average Bonchev–Trinajstić information content (AvgIpc) is 3.04. The molecule has 0 bridgehead atoms. The number of aromatic nitrogens is 3. The summed E-state index contributed by atoms with van der Waals surface area (Å²) in [5.41, 5.74) is 1.39. The molecule has 0 radical (unpaired) electrons. The van der Waals surface area contributed by atoms with E-state index in [-0.39, 0.29) is 29.4 Å². The molecule has 5 rings (SSSR count). The van der Waals surface area contributed by atoms with Gasteiger partial charge in [-0.3, -0.25) is 15.0 Å². The van der Waals surface area contributed by atoms with Crippen LogP contribution in [0.25, 0.3) is 10.9 Å². The van der Waals surface area contributed by atoms with Crippen molar-refractivity contribution in [2.75, 3.05) is 16.8 Å². The number of rotatable bonds is 4. The zero-order valence-corrected chi connectivity index (χ0v) is 17.8. The van der Waals surface area contributed by atoms with Crippen molar-refractivity contribution in [2.24, 2.45) is 0 Å². The highest BCUT2D eigenvalue weighted by molar-refractivity contribution is 6.32. The van der Waals surface area contributed by atoms with Gasteiger partial charge >= 0.3 is 12.0 Å². The van der Waals surface area contributed by atoms with E-state index in [1.54, 1.807) is 22.8 Å². The molecule has 1 aliphatic heterocycles. The zero-order valence-electron chi connectivity index (χ0n) is 17.0. The fourth-order valence-electron chi connectivity index (χ4n) is 4.00. The average molecular weight is 462 g/mol. The molecule has 2 N–H and O–H groups in total. The fraction of sp³-hybridized carbons (Fsp3) is 0.0870. The first-order chi connectivity index (χ1) is 15.9. The molecule has 3 heterocycles. The first kappa shape index (κ1) is 20.7. The summed E-state index contributed by atoms with van der Waals surface area (Å²) in [6.07, 6.45) is 2.71. The van der Waals surface area contributed by atoms with Gasteiger partial charge in [-0.1, -0.05) is 41.9 Å². The Kier molecular flexibility index (Phi) is 5.02. The highest BCUT2D eigenvalue weighted by Crippen LogP contribution is 2.37. The monoisotopic (exact) mass is 461 g/mol. The molecular formula is C23H16ClN5O4. The number of Topliss-reactive ketones (excluding diaryl/α,β-unsaturated/α-hetero) is 1. The summed E-state index contributed by atoms with van der Waals surface area (Å²) in [4.78, 5) is 47.7. The van der Waals surface area contributed by atoms with E-state index < -0.39 is 24.3 Å². The quantitative estimate of drug-likeness (QED) is 0.473. The van der Waals surface area contributed by atoms with E-state index in [4.69, 9.17) is 11.6 Å². The number of carboxylic acid groups (broad SMARTS) is 1. The summed E-state index contributed by atoms with van der Waals surface area (Å²) < 4.78 is 1.60. The molecule has 1 aliphatic rings. The van der Waals surface area contributed by atoms with Crippen LogP contribution in [0.5, 0.6) is 0 Å². The number of carbonyl (C=O) groups excluding carboxylic acids is 2. The Labute approximate surface area is 192 Å². The molecule has 0 aliphatic carbocycles. The number of aromatic carboxylic acids is 1. The van der Waals surface area contributed by atoms with Crippen molar-refractivity contribution < 1.29 is 19.5 Å². The molecule has 4 aromatic rings. The molecule has 0 atom stereocenters. The third kappa shape index (κ3) is 3.58. The van der Waals surface area contributed by atoms with Crippen LogP contribution < -0.4 is 10.2 Å². The van der Waals surface area contributed by atoms with Gasteiger partial charge in [0.25, 0.3) is 0 Å². The topological polar surface area (TPSA) is 117 Å². The highest BCUT2D eigenvalue weighted by Gasteiger charge is 2.34. The molecule has 0 spiro atoms. The standard InChI is InChI=1S/C23H16ClN5O4/c24-14-6-7-16-15(10-14)19(20(22(31)32)28(16)11-13-4-2-1-3-5-13)29-12-17(30)18-21(27-23(29)33)26-9-8-25-18/h1-10H,11-12H2,(H,31,32)(H,26,27,33). The van der Waals surface area contributed by atoms with E-state index in [0.717, 1.165) is 10.5 Å². The number of halogens is 1. The Balaban J connectivity index is 1.73. The summed E-state index contributed by atoms with van der Waals surface area (Å²) in [6, 6.07) is 13.6. The number of nitrogens with zero attached hydrogens (tertiary/aromatic N) is 4. The fourth-order valence-corrected chi connectivity index (χ4v) is 4.17. The summed E-state index contributed by atoms with van der Waals surface area (Å²) in [5, 5.41) is 13.6. The van der Waals surface area contributed by atoms with Gasteiger partial charge in [0.15, 0.2) is 17.2 Å². The van der Waals surface area contributed by atoms with E-state index in [1.165, 1.54) is 12.4 Å². The second kappa shape index (κ2) is 8.03. The van der Waals surface area contributed by atoms with Crippen LogP contribution in [0, 0.1) is 0 Å². The molecule has 2 aromatic carbocycles. The van der Waals surface area contributed by atoms with Gasteiger partial charge in [0.1, 0.15) is 0 Å². The Morgan fingerprint density at radius 3 is 2.61 bits per heavy atom. The number of hydrogen-bond acceptors (Lipinski definition) is 5. The van der Waals surface area contributed by atoms with Crippen LogP contribution in [0.4, 0.5) is 16.3 Å². The first-order valence-corrected chi connectivity index (χ1v) is 10.3. The maximum atomic E-state index is 13.2. The second-order valence-corrected chi connectivity index (χ2v) is 7.87. The number of ketones is 1. The number of hydrogen-bond donors (Lipinski definition) is 2. The van der Waals surface area contributed by atoms with Gasteiger partial charge in [0, 0.05) is 29.3 Å². The number of carboxylic acids is 1. The van der Waals surface area contributed by atoms with Crippen molar-refractivity contribution in [1.82, 2.24) is 14.5 Å². The van der Waals surface area contributed by atoms with Crippen LogP contribution in [0.1, 0.15) is 26.5 Å². The van der Waals surface area contributed by atoms with Gasteiger partial charge in [0.2, 0.25) is 5.78 Å². The van der Waals surface area contributed by atoms with Gasteiger partial charge in [-0.2, -0.15) is 0 Å². The molecule has 0 fully saturated rings. The van der Waals surface area contributed by atoms with Crippen molar-refractivity contribution >= 4 is 51.8 Å². The van der Waals surface area contributed by atoms with Gasteiger partial charge in [0.05, 0.1) is 17.7 Å². The van der Waals surface area contributed by atoms with Crippen LogP contribution in [0.15, 0.2) is 60.9 Å². The van der Waals surface area contributed by atoms with Crippen molar-refractivity contribution in [3.63, 3.8) is 0 Å². The van der Waals surface area contributed by atoms with Crippen LogP contribution >= 0.6 is 11.6 Å². The van der Waals surface area contributed by atoms with Crippen LogP contribution in [0.3, 0.4) is 0 Å². The summed E-state index contributed by atoms with van der Waals surface area (Å²) >= 11 is 6.24. The minimum absolute atomic E-state index is 0.0104. The van der Waals surface area contributed by atoms with Crippen LogP contribution in [0.2, 0.25) is 5.02 Å². The SMILES string of the molecule is O=C1CN(c2c(C(=O)O)n(Cc3ccccc3)c3ccc(Cl)cc23)C(=O)Nc2nccnc21. The van der Waals surface area contributed by atoms with Crippen LogP contribution in [-0.4, -0.2) is 44.0 Å². The van der Waals surface area contributed by atoms with Crippen molar-refractivity contribution in [2.45, 2.75) is 6.54 Å². The lowest BCUT2D eigenvalue weighted by Gasteiger charge is -2.20. The summed E-state index contributed by atoms with van der Waals surface area (Å²) in [7, 11) is 0. The summed E-state index contributed by atoms with van der Waals surface area (Å²) in [5.74, 6) is -1.69. The van der Waals surface area contributed by atoms with Crippen molar-refractivity contribution in [3.8, 4) is 0 Å². The van der Waals surface area contributed by atoms with E-state index in [2.05, 4.69) is 15.3 Å². The molecule has 0 saturated heterocycles. The van der Waals surface area contributed by atoms with E-state index >= 15 is 0 Å². The predicted octanol–water partition coefficient (Wildman–Crippen LogP) is 4.07. The maximum absolute atomic E-state index is 13.2. The normalized spacial score (nSPS) is 13.5. The minimum Gasteiger partial charge on any atom is -0.477 e.